The molecule has 0 saturated heterocycles. The van der Waals surface area contributed by atoms with Gasteiger partial charge in [-0.3, -0.25) is 0 Å². The van der Waals surface area contributed by atoms with Gasteiger partial charge in [0.1, 0.15) is 5.82 Å². The molecule has 1 aliphatic carbocycles. The molecule has 94 valence electrons. The molecule has 1 aromatic rings. The van der Waals surface area contributed by atoms with Gasteiger partial charge in [-0.1, -0.05) is 0 Å². The number of aliphatic hydroxyl groups excluding tert-OH is 1. The van der Waals surface area contributed by atoms with Crippen molar-refractivity contribution in [2.75, 3.05) is 18.1 Å². The second kappa shape index (κ2) is 5.98. The van der Waals surface area contributed by atoms with E-state index in [1.54, 1.807) is 6.20 Å². The van der Waals surface area contributed by atoms with E-state index < -0.39 is 0 Å². The molecule has 1 saturated carbocycles. The first-order chi connectivity index (χ1) is 8.22. The number of hydrogen-bond acceptors (Lipinski definition) is 4. The number of hydrogen-bond donors (Lipinski definition) is 1. The van der Waals surface area contributed by atoms with E-state index in [9.17, 15) is 0 Å². The van der Waals surface area contributed by atoms with Crippen LogP contribution < -0.4 is 4.90 Å². The van der Waals surface area contributed by atoms with Gasteiger partial charge in [-0.25, -0.2) is 4.98 Å². The number of nitrogens with zero attached hydrogens (tertiary/aromatic N) is 3. The molecule has 1 aliphatic rings. The lowest BCUT2D eigenvalue weighted by Crippen LogP contribution is -2.42. The molecule has 17 heavy (non-hydrogen) atoms. The highest BCUT2D eigenvalue weighted by atomic mass is 79.9. The van der Waals surface area contributed by atoms with Crippen LogP contribution in [0.3, 0.4) is 0 Å². The van der Waals surface area contributed by atoms with Crippen LogP contribution in [0.4, 0.5) is 5.82 Å². The van der Waals surface area contributed by atoms with Crippen LogP contribution >= 0.6 is 27.5 Å². The van der Waals surface area contributed by atoms with Crippen molar-refractivity contribution in [2.45, 2.75) is 31.7 Å². The summed E-state index contributed by atoms with van der Waals surface area (Å²) in [6, 6.07) is 0.517. The van der Waals surface area contributed by atoms with Gasteiger partial charge in [0.2, 0.25) is 5.28 Å². The Morgan fingerprint density at radius 3 is 2.88 bits per heavy atom. The van der Waals surface area contributed by atoms with Crippen molar-refractivity contribution >= 4 is 33.3 Å². The van der Waals surface area contributed by atoms with Crippen molar-refractivity contribution in [3.63, 3.8) is 0 Å². The van der Waals surface area contributed by atoms with E-state index in [4.69, 9.17) is 16.7 Å². The Kier molecular flexibility index (Phi) is 4.59. The van der Waals surface area contributed by atoms with Crippen LogP contribution in [0.25, 0.3) is 0 Å². The van der Waals surface area contributed by atoms with Gasteiger partial charge in [0.25, 0.3) is 0 Å². The average molecular weight is 321 g/mol. The van der Waals surface area contributed by atoms with Gasteiger partial charge in [-0.15, -0.1) is 0 Å². The third kappa shape index (κ3) is 3.09. The van der Waals surface area contributed by atoms with E-state index >= 15 is 0 Å². The van der Waals surface area contributed by atoms with Crippen LogP contribution in [0.2, 0.25) is 5.28 Å². The minimum atomic E-state index is 0.194. The first-order valence-electron chi connectivity index (χ1n) is 5.78. The monoisotopic (exact) mass is 319 g/mol. The molecule has 6 heteroatoms. The molecule has 0 unspecified atom stereocenters. The molecular formula is C11H15BrClN3O. The summed E-state index contributed by atoms with van der Waals surface area (Å²) in [7, 11) is 0. The second-order valence-corrected chi connectivity index (χ2v) is 5.36. The molecule has 0 bridgehead atoms. The van der Waals surface area contributed by atoms with Crippen molar-refractivity contribution in [3.8, 4) is 0 Å². The third-order valence-electron chi connectivity index (χ3n) is 3.04. The Hall–Kier alpha value is -0.390. The largest absolute Gasteiger partial charge is 0.396 e. The van der Waals surface area contributed by atoms with Crippen molar-refractivity contribution in [2.24, 2.45) is 0 Å². The lowest BCUT2D eigenvalue weighted by atomic mass is 9.91. The smallest absolute Gasteiger partial charge is 0.224 e. The molecule has 1 fully saturated rings. The van der Waals surface area contributed by atoms with Crippen molar-refractivity contribution < 1.29 is 5.11 Å². The Bertz CT molecular complexity index is 387. The molecule has 0 spiro atoms. The van der Waals surface area contributed by atoms with E-state index in [-0.39, 0.29) is 11.9 Å². The lowest BCUT2D eigenvalue weighted by Gasteiger charge is -2.38. The molecule has 4 nitrogen and oxygen atoms in total. The van der Waals surface area contributed by atoms with Gasteiger partial charge < -0.3 is 10.0 Å². The molecule has 0 aliphatic heterocycles. The normalized spacial score (nSPS) is 15.7. The fraction of sp³-hybridized carbons (Fsp3) is 0.636. The topological polar surface area (TPSA) is 49.2 Å². The summed E-state index contributed by atoms with van der Waals surface area (Å²) < 4.78 is 0.853. The minimum absolute atomic E-state index is 0.194. The van der Waals surface area contributed by atoms with Crippen LogP contribution in [-0.2, 0) is 0 Å². The highest BCUT2D eigenvalue weighted by Crippen LogP contribution is 2.33. The Morgan fingerprint density at radius 2 is 2.29 bits per heavy atom. The van der Waals surface area contributed by atoms with Crippen molar-refractivity contribution in [1.82, 2.24) is 9.97 Å². The van der Waals surface area contributed by atoms with Crippen LogP contribution in [0.5, 0.6) is 0 Å². The fourth-order valence-corrected chi connectivity index (χ4v) is 2.49. The van der Waals surface area contributed by atoms with Gasteiger partial charge in [0, 0.05) is 25.4 Å². The SMILES string of the molecule is OCCCN(c1nc(Cl)ncc1Br)C1CCC1. The zero-order chi connectivity index (χ0) is 12.3. The van der Waals surface area contributed by atoms with Gasteiger partial charge >= 0.3 is 0 Å². The van der Waals surface area contributed by atoms with Crippen molar-refractivity contribution in [1.29, 1.82) is 0 Å². The summed E-state index contributed by atoms with van der Waals surface area (Å²) in [6.07, 6.45) is 6.04. The predicted octanol–water partition coefficient (Wildman–Crippen LogP) is 2.63. The van der Waals surface area contributed by atoms with E-state index in [1.165, 1.54) is 19.3 Å². The molecule has 2 rings (SSSR count). The summed E-state index contributed by atoms with van der Waals surface area (Å²) in [5, 5.41) is 9.22. The standard InChI is InChI=1S/C11H15BrClN3O/c12-9-7-14-11(13)15-10(9)16(5-2-6-17)8-3-1-4-8/h7-8,17H,1-6H2. The number of aromatic nitrogens is 2. The fourth-order valence-electron chi connectivity index (χ4n) is 1.94. The maximum Gasteiger partial charge on any atom is 0.224 e. The Balaban J connectivity index is 2.20. The van der Waals surface area contributed by atoms with Gasteiger partial charge in [0.05, 0.1) is 4.47 Å². The summed E-state index contributed by atoms with van der Waals surface area (Å²) in [6.45, 7) is 0.993. The van der Waals surface area contributed by atoms with Crippen LogP contribution in [0, 0.1) is 0 Å². The maximum absolute atomic E-state index is 8.96. The lowest BCUT2D eigenvalue weighted by molar-refractivity contribution is 0.282. The minimum Gasteiger partial charge on any atom is -0.396 e. The molecule has 1 aromatic heterocycles. The van der Waals surface area contributed by atoms with E-state index in [0.717, 1.165) is 23.3 Å². The summed E-state index contributed by atoms with van der Waals surface area (Å²) in [5.74, 6) is 0.836. The molecule has 0 radical (unpaired) electrons. The highest BCUT2D eigenvalue weighted by Gasteiger charge is 2.27. The Morgan fingerprint density at radius 1 is 1.53 bits per heavy atom. The summed E-state index contributed by atoms with van der Waals surface area (Å²) >= 11 is 9.30. The molecule has 0 amide bonds. The number of rotatable bonds is 5. The Labute approximate surface area is 114 Å². The highest BCUT2D eigenvalue weighted by molar-refractivity contribution is 9.10. The molecular weight excluding hydrogens is 305 g/mol. The van der Waals surface area contributed by atoms with Crippen molar-refractivity contribution in [3.05, 3.63) is 16.0 Å². The molecule has 1 N–H and O–H groups in total. The van der Waals surface area contributed by atoms with Gasteiger partial charge in [-0.05, 0) is 53.2 Å². The first kappa shape index (κ1) is 13.1. The van der Waals surface area contributed by atoms with Crippen LogP contribution in [0.15, 0.2) is 10.7 Å². The number of aliphatic hydroxyl groups is 1. The zero-order valence-electron chi connectivity index (χ0n) is 9.44. The predicted molar refractivity (Wildman–Crippen MR) is 71.4 cm³/mol. The molecule has 1 heterocycles. The number of anilines is 1. The van der Waals surface area contributed by atoms with Gasteiger partial charge in [-0.2, -0.15) is 4.98 Å². The van der Waals surface area contributed by atoms with E-state index in [1.807, 2.05) is 0 Å². The molecule has 0 aromatic carbocycles. The van der Waals surface area contributed by atoms with E-state index in [0.29, 0.717) is 6.04 Å². The summed E-state index contributed by atoms with van der Waals surface area (Å²) in [4.78, 5) is 10.4. The second-order valence-electron chi connectivity index (χ2n) is 4.17. The zero-order valence-corrected chi connectivity index (χ0v) is 11.8. The van der Waals surface area contributed by atoms with Gasteiger partial charge in [0.15, 0.2) is 0 Å². The average Bonchev–Trinajstić information content (AvgIpc) is 2.25. The summed E-state index contributed by atoms with van der Waals surface area (Å²) in [5.41, 5.74) is 0. The van der Waals surface area contributed by atoms with E-state index in [2.05, 4.69) is 30.8 Å². The van der Waals surface area contributed by atoms with Crippen LogP contribution in [0.1, 0.15) is 25.7 Å². The quantitative estimate of drug-likeness (QED) is 0.847. The molecule has 0 atom stereocenters. The van der Waals surface area contributed by atoms with Crippen LogP contribution in [-0.4, -0.2) is 34.3 Å². The first-order valence-corrected chi connectivity index (χ1v) is 6.95. The maximum atomic E-state index is 8.96. The number of halogens is 2. The third-order valence-corrected chi connectivity index (χ3v) is 3.78.